The number of nitrogens with one attached hydrogen (secondary N) is 2. The number of thiophene rings is 1. The van der Waals surface area contributed by atoms with Crippen LogP contribution in [0.5, 0.6) is 0 Å². The summed E-state index contributed by atoms with van der Waals surface area (Å²) < 4.78 is 34.8. The fraction of sp³-hybridized carbons (Fsp3) is 0.355. The minimum atomic E-state index is -5.08. The highest BCUT2D eigenvalue weighted by molar-refractivity contribution is 7.19. The lowest BCUT2D eigenvalue weighted by Gasteiger charge is -2.32. The van der Waals surface area contributed by atoms with Gasteiger partial charge in [0.05, 0.1) is 40.2 Å². The third kappa shape index (κ3) is 7.24. The molecule has 0 bridgehead atoms. The fourth-order valence-electron chi connectivity index (χ4n) is 5.83. The summed E-state index contributed by atoms with van der Waals surface area (Å²) in [7, 11) is 0. The molecular weight excluding hydrogens is 661 g/mol. The SMILES string of the molecule is CC(=O)N[C@@H]1CC(=O)N(Cc2cc3nccc(-c4cc(Cl)cc5ccn(CC6(C#N)CCNCC6)c45)c3s2)C1=O.O=C(O)C(F)(F)F. The van der Waals surface area contributed by atoms with Crippen molar-refractivity contribution in [3.05, 3.63) is 52.6 Å². The van der Waals surface area contributed by atoms with Crippen molar-refractivity contribution in [1.29, 1.82) is 5.26 Å². The molecule has 0 saturated carbocycles. The molecule has 6 rings (SSSR count). The lowest BCUT2D eigenvalue weighted by molar-refractivity contribution is -0.192. The molecule has 47 heavy (non-hydrogen) atoms. The molecule has 11 nitrogen and oxygen atoms in total. The minimum absolute atomic E-state index is 0.0372. The average molecular weight is 689 g/mol. The van der Waals surface area contributed by atoms with Crippen molar-refractivity contribution in [2.45, 2.75) is 51.5 Å². The largest absolute Gasteiger partial charge is 0.490 e. The van der Waals surface area contributed by atoms with Crippen LogP contribution in [0.1, 0.15) is 31.1 Å². The molecule has 3 amide bonds. The molecule has 16 heteroatoms. The van der Waals surface area contributed by atoms with Gasteiger partial charge in [-0.25, -0.2) is 4.79 Å². The van der Waals surface area contributed by atoms with Crippen LogP contribution in [0.3, 0.4) is 0 Å². The van der Waals surface area contributed by atoms with Gasteiger partial charge in [0.25, 0.3) is 5.91 Å². The van der Waals surface area contributed by atoms with E-state index >= 15 is 0 Å². The summed E-state index contributed by atoms with van der Waals surface area (Å²) in [5.74, 6) is -3.81. The van der Waals surface area contributed by atoms with Crippen LogP contribution >= 0.6 is 22.9 Å². The highest BCUT2D eigenvalue weighted by atomic mass is 35.5. The summed E-state index contributed by atoms with van der Waals surface area (Å²) in [6.07, 6.45) is 0.231. The molecule has 2 aliphatic rings. The Kier molecular flexibility index (Phi) is 9.58. The number of amides is 3. The van der Waals surface area contributed by atoms with Gasteiger partial charge in [0, 0.05) is 52.3 Å². The Morgan fingerprint density at radius 3 is 2.55 bits per heavy atom. The van der Waals surface area contributed by atoms with Crippen LogP contribution in [0.25, 0.3) is 32.2 Å². The van der Waals surface area contributed by atoms with Crippen molar-refractivity contribution < 1.29 is 37.5 Å². The lowest BCUT2D eigenvalue weighted by atomic mass is 9.80. The molecule has 1 atom stereocenters. The zero-order chi connectivity index (χ0) is 34.1. The molecule has 0 spiro atoms. The van der Waals surface area contributed by atoms with E-state index in [1.54, 1.807) is 6.20 Å². The molecule has 0 unspecified atom stereocenters. The molecule has 246 valence electrons. The summed E-state index contributed by atoms with van der Waals surface area (Å²) in [6.45, 7) is 3.68. The van der Waals surface area contributed by atoms with E-state index in [1.165, 1.54) is 23.2 Å². The molecule has 0 radical (unpaired) electrons. The van der Waals surface area contributed by atoms with E-state index in [0.29, 0.717) is 11.6 Å². The second-order valence-electron chi connectivity index (χ2n) is 11.3. The number of imide groups is 1. The molecule has 1 aromatic carbocycles. The molecule has 2 aliphatic heterocycles. The average Bonchev–Trinajstić information content (AvgIpc) is 3.68. The standard InChI is InChI=1S/C29H27ClN6O3S.C2HF3O2/c1-17(37)34-24-13-25(38)36(28(24)39)14-20-12-23-27(40-20)21(2-6-33-23)22-11-19(30)10-18-3-9-35(26(18)22)16-29(15-31)4-7-32-8-5-29;3-2(4,5)1(6)7/h2-3,6,9-12,24,32H,4-5,7-8,13-14,16H2,1H3,(H,34,37);(H,6,7)/t24-;/m1./s1. The van der Waals surface area contributed by atoms with Gasteiger partial charge >= 0.3 is 12.1 Å². The summed E-state index contributed by atoms with van der Waals surface area (Å²) in [6, 6.07) is 11.5. The van der Waals surface area contributed by atoms with E-state index in [2.05, 4.69) is 26.3 Å². The third-order valence-electron chi connectivity index (χ3n) is 8.03. The monoisotopic (exact) mass is 688 g/mol. The van der Waals surface area contributed by atoms with Crippen molar-refractivity contribution in [1.82, 2.24) is 25.1 Å². The van der Waals surface area contributed by atoms with Gasteiger partial charge in [0.2, 0.25) is 11.8 Å². The minimum Gasteiger partial charge on any atom is -0.475 e. The Morgan fingerprint density at radius 2 is 1.91 bits per heavy atom. The van der Waals surface area contributed by atoms with Crippen LogP contribution in [0.4, 0.5) is 13.2 Å². The van der Waals surface area contributed by atoms with Crippen LogP contribution in [-0.2, 0) is 32.3 Å². The topological polar surface area (TPSA) is 157 Å². The number of likely N-dealkylation sites (tertiary alicyclic amines) is 1. The maximum absolute atomic E-state index is 12.8. The van der Waals surface area contributed by atoms with E-state index in [0.717, 1.165) is 63.1 Å². The molecule has 0 aliphatic carbocycles. The molecule has 2 saturated heterocycles. The first-order valence-electron chi connectivity index (χ1n) is 14.4. The first-order valence-corrected chi connectivity index (χ1v) is 15.6. The fourth-order valence-corrected chi connectivity index (χ4v) is 7.18. The number of aromatic nitrogens is 2. The number of halogens is 4. The van der Waals surface area contributed by atoms with Crippen LogP contribution in [0.15, 0.2) is 42.7 Å². The lowest BCUT2D eigenvalue weighted by Crippen LogP contribution is -2.40. The van der Waals surface area contributed by atoms with E-state index < -0.39 is 29.5 Å². The van der Waals surface area contributed by atoms with E-state index in [1.807, 2.05) is 36.5 Å². The Balaban J connectivity index is 0.000000559. The number of aliphatic carboxylic acids is 1. The van der Waals surface area contributed by atoms with E-state index in [9.17, 15) is 32.8 Å². The van der Waals surface area contributed by atoms with Gasteiger partial charge in [-0.15, -0.1) is 11.3 Å². The number of nitrogens with zero attached hydrogens (tertiary/aromatic N) is 4. The number of hydrogen-bond donors (Lipinski definition) is 3. The number of hydrogen-bond acceptors (Lipinski definition) is 8. The van der Waals surface area contributed by atoms with Crippen molar-refractivity contribution in [2.75, 3.05) is 13.1 Å². The Morgan fingerprint density at radius 1 is 1.21 bits per heavy atom. The number of nitriles is 1. The Bertz CT molecular complexity index is 1930. The summed E-state index contributed by atoms with van der Waals surface area (Å²) in [5.41, 5.74) is 3.20. The van der Waals surface area contributed by atoms with E-state index in [-0.39, 0.29) is 24.8 Å². The third-order valence-corrected chi connectivity index (χ3v) is 9.39. The number of carbonyl (C=O) groups is 4. The number of benzene rings is 1. The molecule has 3 aromatic heterocycles. The smallest absolute Gasteiger partial charge is 0.475 e. The van der Waals surface area contributed by atoms with Gasteiger partial charge in [0.15, 0.2) is 0 Å². The van der Waals surface area contributed by atoms with Gasteiger partial charge in [-0.1, -0.05) is 11.6 Å². The number of alkyl halides is 3. The first kappa shape index (κ1) is 33.8. The number of carboxylic acids is 1. The highest BCUT2D eigenvalue weighted by Crippen LogP contribution is 2.41. The molecule has 2 fully saturated rings. The van der Waals surface area contributed by atoms with Gasteiger partial charge in [-0.05, 0) is 56.3 Å². The molecule has 4 aromatic rings. The van der Waals surface area contributed by atoms with Crippen LogP contribution in [-0.4, -0.2) is 68.6 Å². The van der Waals surface area contributed by atoms with Gasteiger partial charge in [-0.3, -0.25) is 24.3 Å². The van der Waals surface area contributed by atoms with Crippen LogP contribution in [0.2, 0.25) is 5.02 Å². The maximum Gasteiger partial charge on any atom is 0.490 e. The summed E-state index contributed by atoms with van der Waals surface area (Å²) in [4.78, 5) is 52.3. The summed E-state index contributed by atoms with van der Waals surface area (Å²) in [5, 5.41) is 24.7. The van der Waals surface area contributed by atoms with Crippen molar-refractivity contribution >= 4 is 67.7 Å². The number of pyridine rings is 1. The zero-order valence-electron chi connectivity index (χ0n) is 24.9. The second-order valence-corrected chi connectivity index (χ2v) is 12.9. The molecule has 5 heterocycles. The number of rotatable bonds is 6. The Hall–Kier alpha value is -4.52. The number of carbonyl (C=O) groups excluding carboxylic acids is 3. The van der Waals surface area contributed by atoms with Crippen molar-refractivity contribution in [3.8, 4) is 17.2 Å². The van der Waals surface area contributed by atoms with Crippen LogP contribution < -0.4 is 10.6 Å². The van der Waals surface area contributed by atoms with Gasteiger partial charge < -0.3 is 20.3 Å². The number of piperidine rings is 1. The highest BCUT2D eigenvalue weighted by Gasteiger charge is 2.40. The van der Waals surface area contributed by atoms with Gasteiger partial charge in [-0.2, -0.15) is 18.4 Å². The number of carboxylic acid groups (broad SMARTS) is 1. The zero-order valence-corrected chi connectivity index (χ0v) is 26.4. The predicted octanol–water partition coefficient (Wildman–Crippen LogP) is 4.86. The van der Waals surface area contributed by atoms with Crippen molar-refractivity contribution in [2.24, 2.45) is 5.41 Å². The molecular formula is C31H28ClF3N6O5S. The maximum atomic E-state index is 12.8. The van der Waals surface area contributed by atoms with Gasteiger partial charge in [0.1, 0.15) is 6.04 Å². The van der Waals surface area contributed by atoms with E-state index in [4.69, 9.17) is 21.5 Å². The summed E-state index contributed by atoms with van der Waals surface area (Å²) >= 11 is 8.07. The normalized spacial score (nSPS) is 17.8. The molecule has 3 N–H and O–H groups in total. The first-order chi connectivity index (χ1) is 22.2. The quantitative estimate of drug-likeness (QED) is 0.243. The van der Waals surface area contributed by atoms with Crippen molar-refractivity contribution in [3.63, 3.8) is 0 Å². The number of fused-ring (bicyclic) bond motifs is 2. The van der Waals surface area contributed by atoms with Crippen LogP contribution in [0, 0.1) is 16.7 Å². The second kappa shape index (κ2) is 13.3. The Labute approximate surface area is 274 Å². The predicted molar refractivity (Wildman–Crippen MR) is 167 cm³/mol.